The maximum Gasteiger partial charge on any atom is 0.119 e. The van der Waals surface area contributed by atoms with Crippen molar-refractivity contribution < 1.29 is 9.47 Å². The predicted octanol–water partition coefficient (Wildman–Crippen LogP) is 9.72. The number of terminal acetylenes is 1. The number of hydrogen-bond donors (Lipinski definition) is 0. The summed E-state index contributed by atoms with van der Waals surface area (Å²) in [6.45, 7) is 8.82. The van der Waals surface area contributed by atoms with Crippen LogP contribution in [0, 0.1) is 40.0 Å². The molecule has 0 bridgehead atoms. The topological polar surface area (TPSA) is 21.7 Å². The fourth-order valence-corrected chi connectivity index (χ4v) is 5.66. The highest BCUT2D eigenvalue weighted by molar-refractivity contribution is 5.85. The third kappa shape index (κ3) is 5.55. The van der Waals surface area contributed by atoms with Crippen LogP contribution in [-0.2, 0) is 0 Å². The van der Waals surface area contributed by atoms with E-state index in [9.17, 15) is 0 Å². The van der Waals surface area contributed by atoms with Crippen LogP contribution in [0.1, 0.15) is 27.8 Å². The van der Waals surface area contributed by atoms with Crippen molar-refractivity contribution in [3.8, 4) is 46.1 Å². The summed E-state index contributed by atoms with van der Waals surface area (Å²) < 4.78 is 10.8. The zero-order chi connectivity index (χ0) is 29.1. The first-order chi connectivity index (χ1) is 19.8. The number of anilines is 3. The Labute approximate surface area is 244 Å². The molecule has 0 amide bonds. The molecule has 3 nitrogen and oxygen atoms in total. The molecule has 0 N–H and O–H groups in total. The SMILES string of the molecule is C#Cc1ccc(-c2cc(C)c(-c3c(C)cc(N(c4ccc(OC)cc4)c4ccc(OC)cc4)cc3C)c(C)c2)cc1. The minimum Gasteiger partial charge on any atom is -0.497 e. The summed E-state index contributed by atoms with van der Waals surface area (Å²) in [5.74, 6) is 4.35. The van der Waals surface area contributed by atoms with Crippen LogP contribution >= 0.6 is 0 Å². The molecule has 5 rings (SSSR count). The standard InChI is InChI=1S/C38H35NO2/c1-8-29-9-11-30(12-10-29)31-21-25(2)37(26(3)22-31)38-27(4)23-34(24-28(38)5)39(32-13-17-35(40-6)18-14-32)33-15-19-36(41-7)20-16-33/h1,9-24H,2-7H3. The summed E-state index contributed by atoms with van der Waals surface area (Å²) in [6, 6.07) is 33.6. The van der Waals surface area contributed by atoms with Crippen LogP contribution in [0.15, 0.2) is 97.1 Å². The lowest BCUT2D eigenvalue weighted by atomic mass is 9.87. The third-order valence-electron chi connectivity index (χ3n) is 7.60. The summed E-state index contributed by atoms with van der Waals surface area (Å²) in [4.78, 5) is 2.27. The number of methoxy groups -OCH3 is 2. The molecule has 0 atom stereocenters. The zero-order valence-corrected chi connectivity index (χ0v) is 24.6. The minimum absolute atomic E-state index is 0.826. The van der Waals surface area contributed by atoms with E-state index >= 15 is 0 Å². The van der Waals surface area contributed by atoms with Crippen LogP contribution in [0.4, 0.5) is 17.1 Å². The highest BCUT2D eigenvalue weighted by atomic mass is 16.5. The van der Waals surface area contributed by atoms with E-state index < -0.39 is 0 Å². The van der Waals surface area contributed by atoms with Crippen molar-refractivity contribution >= 4 is 17.1 Å². The van der Waals surface area contributed by atoms with Crippen LogP contribution in [-0.4, -0.2) is 14.2 Å². The Morgan fingerprint density at radius 1 is 0.512 bits per heavy atom. The van der Waals surface area contributed by atoms with Crippen LogP contribution < -0.4 is 14.4 Å². The number of nitrogens with zero attached hydrogens (tertiary/aromatic N) is 1. The quantitative estimate of drug-likeness (QED) is 0.193. The maximum atomic E-state index is 5.56. The van der Waals surface area contributed by atoms with Gasteiger partial charge in [0.05, 0.1) is 14.2 Å². The number of hydrogen-bond acceptors (Lipinski definition) is 3. The van der Waals surface area contributed by atoms with E-state index in [4.69, 9.17) is 15.9 Å². The molecule has 0 saturated heterocycles. The second kappa shape index (κ2) is 11.7. The van der Waals surface area contributed by atoms with E-state index in [2.05, 4.69) is 99.2 Å². The number of ether oxygens (including phenoxy) is 2. The predicted molar refractivity (Wildman–Crippen MR) is 172 cm³/mol. The molecular weight excluding hydrogens is 502 g/mol. The number of rotatable bonds is 7. The van der Waals surface area contributed by atoms with Crippen LogP contribution in [0.25, 0.3) is 22.3 Å². The Bertz CT molecular complexity index is 1630. The molecule has 0 aliphatic rings. The molecule has 0 aromatic heterocycles. The molecular formula is C38H35NO2. The molecule has 5 aromatic rings. The molecule has 0 aliphatic carbocycles. The fourth-order valence-electron chi connectivity index (χ4n) is 5.66. The molecule has 0 aliphatic heterocycles. The number of aryl methyl sites for hydroxylation is 4. The highest BCUT2D eigenvalue weighted by Gasteiger charge is 2.19. The molecule has 0 fully saturated rings. The number of benzene rings is 5. The molecule has 0 unspecified atom stereocenters. The molecule has 0 spiro atoms. The van der Waals surface area contributed by atoms with E-state index in [0.29, 0.717) is 0 Å². The minimum atomic E-state index is 0.826. The summed E-state index contributed by atoms with van der Waals surface area (Å²) in [6.07, 6.45) is 5.56. The van der Waals surface area contributed by atoms with Crippen molar-refractivity contribution in [1.29, 1.82) is 0 Å². The van der Waals surface area contributed by atoms with E-state index in [1.807, 2.05) is 36.4 Å². The van der Waals surface area contributed by atoms with E-state index in [1.54, 1.807) is 14.2 Å². The van der Waals surface area contributed by atoms with Gasteiger partial charge in [0.25, 0.3) is 0 Å². The normalized spacial score (nSPS) is 10.7. The van der Waals surface area contributed by atoms with E-state index in [0.717, 1.165) is 34.1 Å². The van der Waals surface area contributed by atoms with Crippen molar-refractivity contribution in [2.24, 2.45) is 0 Å². The Kier molecular flexibility index (Phi) is 7.86. The van der Waals surface area contributed by atoms with Crippen LogP contribution in [0.2, 0.25) is 0 Å². The van der Waals surface area contributed by atoms with Crippen molar-refractivity contribution in [1.82, 2.24) is 0 Å². The average molecular weight is 538 g/mol. The second-order valence-electron chi connectivity index (χ2n) is 10.4. The van der Waals surface area contributed by atoms with Crippen molar-refractivity contribution in [2.75, 3.05) is 19.1 Å². The molecule has 3 heteroatoms. The van der Waals surface area contributed by atoms with Gasteiger partial charge in [-0.3, -0.25) is 0 Å². The van der Waals surface area contributed by atoms with Gasteiger partial charge in [0.15, 0.2) is 0 Å². The van der Waals surface area contributed by atoms with Gasteiger partial charge in [-0.1, -0.05) is 30.2 Å². The van der Waals surface area contributed by atoms with Gasteiger partial charge in [0, 0.05) is 22.6 Å². The lowest BCUT2D eigenvalue weighted by molar-refractivity contribution is 0.415. The first-order valence-electron chi connectivity index (χ1n) is 13.7. The van der Waals surface area contributed by atoms with Crippen molar-refractivity contribution in [3.05, 3.63) is 125 Å². The van der Waals surface area contributed by atoms with E-state index in [1.165, 1.54) is 44.5 Å². The van der Waals surface area contributed by atoms with Gasteiger partial charge in [-0.05, 0) is 145 Å². The summed E-state index contributed by atoms with van der Waals surface area (Å²) in [7, 11) is 3.38. The molecule has 0 radical (unpaired) electrons. The summed E-state index contributed by atoms with van der Waals surface area (Å²) in [5.41, 5.74) is 14.0. The van der Waals surface area contributed by atoms with Crippen LogP contribution in [0.3, 0.4) is 0 Å². The average Bonchev–Trinajstić information content (AvgIpc) is 2.99. The van der Waals surface area contributed by atoms with Gasteiger partial charge in [-0.25, -0.2) is 0 Å². The molecule has 41 heavy (non-hydrogen) atoms. The molecule has 204 valence electrons. The Hall–Kier alpha value is -4.94. The van der Waals surface area contributed by atoms with Crippen molar-refractivity contribution in [3.63, 3.8) is 0 Å². The third-order valence-corrected chi connectivity index (χ3v) is 7.60. The van der Waals surface area contributed by atoms with Gasteiger partial charge < -0.3 is 14.4 Å². The lowest BCUT2D eigenvalue weighted by Gasteiger charge is -2.28. The van der Waals surface area contributed by atoms with Crippen LogP contribution in [0.5, 0.6) is 11.5 Å². The first-order valence-corrected chi connectivity index (χ1v) is 13.7. The highest BCUT2D eigenvalue weighted by Crippen LogP contribution is 2.41. The maximum absolute atomic E-state index is 5.56. The van der Waals surface area contributed by atoms with Crippen molar-refractivity contribution in [2.45, 2.75) is 27.7 Å². The smallest absolute Gasteiger partial charge is 0.119 e. The molecule has 0 heterocycles. The summed E-state index contributed by atoms with van der Waals surface area (Å²) >= 11 is 0. The zero-order valence-electron chi connectivity index (χ0n) is 24.6. The Balaban J connectivity index is 1.59. The van der Waals surface area contributed by atoms with Gasteiger partial charge in [0.1, 0.15) is 11.5 Å². The second-order valence-corrected chi connectivity index (χ2v) is 10.4. The first kappa shape index (κ1) is 27.6. The molecule has 0 saturated carbocycles. The van der Waals surface area contributed by atoms with Gasteiger partial charge in [-0.2, -0.15) is 0 Å². The van der Waals surface area contributed by atoms with Gasteiger partial charge in [-0.15, -0.1) is 6.42 Å². The van der Waals surface area contributed by atoms with E-state index in [-0.39, 0.29) is 0 Å². The van der Waals surface area contributed by atoms with Gasteiger partial charge in [0.2, 0.25) is 0 Å². The monoisotopic (exact) mass is 537 g/mol. The van der Waals surface area contributed by atoms with Gasteiger partial charge >= 0.3 is 0 Å². The summed E-state index contributed by atoms with van der Waals surface area (Å²) in [5, 5.41) is 0. The fraction of sp³-hybridized carbons (Fsp3) is 0.158. The Morgan fingerprint density at radius 3 is 1.32 bits per heavy atom. The Morgan fingerprint density at radius 2 is 0.927 bits per heavy atom. The lowest BCUT2D eigenvalue weighted by Crippen LogP contribution is -2.11. The molecule has 5 aromatic carbocycles. The largest absolute Gasteiger partial charge is 0.497 e.